The Morgan fingerprint density at radius 2 is 2.00 bits per heavy atom. The van der Waals surface area contributed by atoms with E-state index in [1.54, 1.807) is 6.33 Å². The van der Waals surface area contributed by atoms with Crippen molar-refractivity contribution in [3.8, 4) is 0 Å². The lowest BCUT2D eigenvalue weighted by atomic mass is 10.1. The minimum Gasteiger partial charge on any atom is -0.339 e. The second-order valence-corrected chi connectivity index (χ2v) is 4.91. The van der Waals surface area contributed by atoms with Crippen LogP contribution < -0.4 is 0 Å². The van der Waals surface area contributed by atoms with Gasteiger partial charge in [0.05, 0.1) is 17.4 Å². The highest BCUT2D eigenvalue weighted by Gasteiger charge is 2.18. The Balaban J connectivity index is 1.93. The first-order valence-electron chi connectivity index (χ1n) is 6.46. The third-order valence-corrected chi connectivity index (χ3v) is 3.62. The van der Waals surface area contributed by atoms with Crippen LogP contribution in [0.15, 0.2) is 24.5 Å². The summed E-state index contributed by atoms with van der Waals surface area (Å²) in [5, 5.41) is 0. The van der Waals surface area contributed by atoms with Crippen LogP contribution in [0.3, 0.4) is 0 Å². The summed E-state index contributed by atoms with van der Waals surface area (Å²) in [6.07, 6.45) is 5.27. The maximum atomic E-state index is 12.4. The predicted molar refractivity (Wildman–Crippen MR) is 70.5 cm³/mol. The van der Waals surface area contributed by atoms with Crippen LogP contribution in [0.1, 0.15) is 29.6 Å². The molecule has 0 atom stereocenters. The minimum atomic E-state index is 0.151. The molecule has 0 saturated carbocycles. The van der Waals surface area contributed by atoms with E-state index < -0.39 is 0 Å². The number of fused-ring (bicyclic) bond motifs is 1. The lowest BCUT2D eigenvalue weighted by Gasteiger charge is -2.26. The van der Waals surface area contributed by atoms with Crippen molar-refractivity contribution in [2.45, 2.75) is 19.3 Å². The second kappa shape index (κ2) is 4.44. The van der Waals surface area contributed by atoms with E-state index in [1.165, 1.54) is 6.42 Å². The molecule has 0 aliphatic carbocycles. The standard InChI is InChI=1S/C14H17N3O/c1-16-10-15-12-6-5-11(9-13(12)16)14(18)17-7-3-2-4-8-17/h5-6,9-10H,2-4,7-8H2,1H3. The highest BCUT2D eigenvalue weighted by atomic mass is 16.2. The summed E-state index contributed by atoms with van der Waals surface area (Å²) in [5.74, 6) is 0.151. The van der Waals surface area contributed by atoms with E-state index in [0.29, 0.717) is 0 Å². The van der Waals surface area contributed by atoms with Gasteiger partial charge in [-0.2, -0.15) is 0 Å². The third-order valence-electron chi connectivity index (χ3n) is 3.62. The van der Waals surface area contributed by atoms with Crippen molar-refractivity contribution < 1.29 is 4.79 Å². The molecule has 1 aromatic heterocycles. The van der Waals surface area contributed by atoms with E-state index in [9.17, 15) is 4.79 Å². The molecule has 1 fully saturated rings. The summed E-state index contributed by atoms with van der Waals surface area (Å²) >= 11 is 0. The van der Waals surface area contributed by atoms with Gasteiger partial charge in [0, 0.05) is 25.7 Å². The number of benzene rings is 1. The Kier molecular flexibility index (Phi) is 2.78. The average Bonchev–Trinajstić information content (AvgIpc) is 2.80. The van der Waals surface area contributed by atoms with Crippen molar-refractivity contribution in [3.63, 3.8) is 0 Å². The van der Waals surface area contributed by atoms with Crippen molar-refractivity contribution in [1.82, 2.24) is 14.5 Å². The van der Waals surface area contributed by atoms with Gasteiger partial charge in [-0.3, -0.25) is 4.79 Å². The van der Waals surface area contributed by atoms with Crippen LogP contribution in [0.25, 0.3) is 11.0 Å². The van der Waals surface area contributed by atoms with Crippen molar-refractivity contribution in [3.05, 3.63) is 30.1 Å². The van der Waals surface area contributed by atoms with Crippen molar-refractivity contribution in [2.24, 2.45) is 7.05 Å². The van der Waals surface area contributed by atoms with Crippen LogP contribution in [0, 0.1) is 0 Å². The molecule has 0 bridgehead atoms. The van der Waals surface area contributed by atoms with E-state index in [1.807, 2.05) is 34.7 Å². The van der Waals surface area contributed by atoms with E-state index >= 15 is 0 Å². The molecule has 3 rings (SSSR count). The van der Waals surface area contributed by atoms with Gasteiger partial charge in [0.25, 0.3) is 5.91 Å². The molecule has 0 unspecified atom stereocenters. The van der Waals surface area contributed by atoms with Crippen molar-refractivity contribution in [1.29, 1.82) is 0 Å². The molecule has 1 aliphatic heterocycles. The fraction of sp³-hybridized carbons (Fsp3) is 0.429. The molecule has 1 amide bonds. The maximum Gasteiger partial charge on any atom is 0.253 e. The third kappa shape index (κ3) is 1.88. The fourth-order valence-electron chi connectivity index (χ4n) is 2.54. The number of piperidine rings is 1. The minimum absolute atomic E-state index is 0.151. The zero-order valence-electron chi connectivity index (χ0n) is 10.6. The Labute approximate surface area is 106 Å². The monoisotopic (exact) mass is 243 g/mol. The van der Waals surface area contributed by atoms with Gasteiger partial charge >= 0.3 is 0 Å². The van der Waals surface area contributed by atoms with Crippen LogP contribution in [0.5, 0.6) is 0 Å². The van der Waals surface area contributed by atoms with Gasteiger partial charge in [0.1, 0.15) is 0 Å². The Hall–Kier alpha value is -1.84. The van der Waals surface area contributed by atoms with Crippen LogP contribution >= 0.6 is 0 Å². The molecule has 18 heavy (non-hydrogen) atoms. The summed E-state index contributed by atoms with van der Waals surface area (Å²) in [6, 6.07) is 5.75. The SMILES string of the molecule is Cn1cnc2ccc(C(=O)N3CCCCC3)cc21. The molecule has 4 nitrogen and oxygen atoms in total. The lowest BCUT2D eigenvalue weighted by Crippen LogP contribution is -2.35. The number of likely N-dealkylation sites (tertiary alicyclic amines) is 1. The quantitative estimate of drug-likeness (QED) is 0.770. The summed E-state index contributed by atoms with van der Waals surface area (Å²) in [4.78, 5) is 18.6. The van der Waals surface area contributed by atoms with Gasteiger partial charge in [-0.1, -0.05) is 0 Å². The number of imidazole rings is 1. The summed E-state index contributed by atoms with van der Waals surface area (Å²) in [5.41, 5.74) is 2.72. The van der Waals surface area contributed by atoms with Crippen molar-refractivity contribution >= 4 is 16.9 Å². The largest absolute Gasteiger partial charge is 0.339 e. The molecule has 0 N–H and O–H groups in total. The first-order chi connectivity index (χ1) is 8.75. The van der Waals surface area contributed by atoms with Crippen molar-refractivity contribution in [2.75, 3.05) is 13.1 Å². The molecule has 1 aliphatic rings. The predicted octanol–water partition coefficient (Wildman–Crippen LogP) is 2.20. The first kappa shape index (κ1) is 11.3. The summed E-state index contributed by atoms with van der Waals surface area (Å²) in [6.45, 7) is 1.78. The normalized spacial score (nSPS) is 16.2. The number of carbonyl (C=O) groups is 1. The topological polar surface area (TPSA) is 38.1 Å². The number of hydrogen-bond acceptors (Lipinski definition) is 2. The number of hydrogen-bond donors (Lipinski definition) is 0. The number of amides is 1. The Morgan fingerprint density at radius 3 is 2.78 bits per heavy atom. The van der Waals surface area contributed by atoms with Gasteiger partial charge in [-0.25, -0.2) is 4.98 Å². The van der Waals surface area contributed by atoms with Gasteiger partial charge in [0.2, 0.25) is 0 Å². The smallest absolute Gasteiger partial charge is 0.253 e. The average molecular weight is 243 g/mol. The molecule has 2 aromatic rings. The summed E-state index contributed by atoms with van der Waals surface area (Å²) in [7, 11) is 1.95. The molecular weight excluding hydrogens is 226 g/mol. The number of nitrogens with zero attached hydrogens (tertiary/aromatic N) is 3. The first-order valence-corrected chi connectivity index (χ1v) is 6.46. The zero-order valence-corrected chi connectivity index (χ0v) is 10.6. The van der Waals surface area contributed by atoms with E-state index in [2.05, 4.69) is 4.98 Å². The fourth-order valence-corrected chi connectivity index (χ4v) is 2.54. The van der Waals surface area contributed by atoms with Gasteiger partial charge in [-0.15, -0.1) is 0 Å². The summed E-state index contributed by atoms with van der Waals surface area (Å²) < 4.78 is 1.95. The molecule has 1 aromatic carbocycles. The van der Waals surface area contributed by atoms with E-state index in [0.717, 1.165) is 42.5 Å². The highest BCUT2D eigenvalue weighted by molar-refractivity contribution is 5.97. The molecule has 1 saturated heterocycles. The Morgan fingerprint density at radius 1 is 1.22 bits per heavy atom. The highest BCUT2D eigenvalue weighted by Crippen LogP contribution is 2.17. The Bertz CT molecular complexity index is 582. The van der Waals surface area contributed by atoms with Gasteiger partial charge in [0.15, 0.2) is 0 Å². The molecule has 0 spiro atoms. The van der Waals surface area contributed by atoms with Gasteiger partial charge < -0.3 is 9.47 Å². The number of aromatic nitrogens is 2. The van der Waals surface area contributed by atoms with Crippen LogP contribution in [-0.2, 0) is 7.05 Å². The maximum absolute atomic E-state index is 12.4. The molecule has 4 heteroatoms. The van der Waals surface area contributed by atoms with Crippen LogP contribution in [0.4, 0.5) is 0 Å². The zero-order chi connectivity index (χ0) is 12.5. The lowest BCUT2D eigenvalue weighted by molar-refractivity contribution is 0.0724. The van der Waals surface area contributed by atoms with Crippen LogP contribution in [0.2, 0.25) is 0 Å². The van der Waals surface area contributed by atoms with Gasteiger partial charge in [-0.05, 0) is 37.5 Å². The number of rotatable bonds is 1. The number of aryl methyl sites for hydroxylation is 1. The molecule has 0 radical (unpaired) electrons. The second-order valence-electron chi connectivity index (χ2n) is 4.91. The molecule has 2 heterocycles. The molecular formula is C14H17N3O. The van der Waals surface area contributed by atoms with E-state index in [-0.39, 0.29) is 5.91 Å². The number of carbonyl (C=O) groups excluding carboxylic acids is 1. The van der Waals surface area contributed by atoms with Crippen LogP contribution in [-0.4, -0.2) is 33.4 Å². The molecule has 94 valence electrons. The van der Waals surface area contributed by atoms with E-state index in [4.69, 9.17) is 0 Å².